The van der Waals surface area contributed by atoms with Crippen molar-refractivity contribution in [3.05, 3.63) is 42.2 Å². The van der Waals surface area contributed by atoms with Crippen LogP contribution in [0.2, 0.25) is 0 Å². The maximum atomic E-state index is 12.3. The molecule has 0 spiro atoms. The lowest BCUT2D eigenvalue weighted by molar-refractivity contribution is -0.128. The highest BCUT2D eigenvalue weighted by Gasteiger charge is 2.24. The van der Waals surface area contributed by atoms with E-state index < -0.39 is 18.0 Å². The lowest BCUT2D eigenvalue weighted by Crippen LogP contribution is -2.35. The Labute approximate surface area is 140 Å². The average molecular weight is 331 g/mol. The Morgan fingerprint density at radius 1 is 1.42 bits per heavy atom. The predicted molar refractivity (Wildman–Crippen MR) is 90.2 cm³/mol. The fourth-order valence-corrected chi connectivity index (χ4v) is 2.24. The zero-order valence-corrected chi connectivity index (χ0v) is 14.0. The topological polar surface area (TPSA) is 77.8 Å². The van der Waals surface area contributed by atoms with Crippen LogP contribution in [0.5, 0.6) is 5.75 Å². The average Bonchev–Trinajstić information content (AvgIpc) is 2.89. The summed E-state index contributed by atoms with van der Waals surface area (Å²) in [6, 6.07) is 5.33. The summed E-state index contributed by atoms with van der Waals surface area (Å²) in [6.45, 7) is 9.53. The van der Waals surface area contributed by atoms with E-state index in [9.17, 15) is 9.59 Å². The molecule has 2 aromatic rings. The van der Waals surface area contributed by atoms with E-state index in [2.05, 4.69) is 11.9 Å². The van der Waals surface area contributed by atoms with Crippen molar-refractivity contribution in [2.45, 2.75) is 26.9 Å². The quantitative estimate of drug-likeness (QED) is 0.623. The van der Waals surface area contributed by atoms with Gasteiger partial charge >= 0.3 is 5.97 Å². The molecule has 128 valence electrons. The molecule has 0 unspecified atom stereocenters. The Bertz CT molecular complexity index is 762. The summed E-state index contributed by atoms with van der Waals surface area (Å²) in [7, 11) is 0. The first-order valence-corrected chi connectivity index (χ1v) is 7.73. The van der Waals surface area contributed by atoms with Crippen LogP contribution in [-0.2, 0) is 9.53 Å². The summed E-state index contributed by atoms with van der Waals surface area (Å²) in [5, 5.41) is 3.34. The molecular formula is C18H21NO5. The molecule has 0 aliphatic carbocycles. The third-order valence-electron chi connectivity index (χ3n) is 3.48. The molecule has 0 aliphatic heterocycles. The number of benzene rings is 1. The molecule has 1 N–H and O–H groups in total. The van der Waals surface area contributed by atoms with E-state index in [0.717, 1.165) is 5.39 Å². The highest BCUT2D eigenvalue weighted by atomic mass is 16.6. The Morgan fingerprint density at radius 3 is 2.83 bits per heavy atom. The van der Waals surface area contributed by atoms with E-state index in [4.69, 9.17) is 13.9 Å². The number of esters is 1. The Balaban J connectivity index is 2.18. The molecule has 24 heavy (non-hydrogen) atoms. The molecule has 2 rings (SSSR count). The number of amides is 1. The van der Waals surface area contributed by atoms with Crippen molar-refractivity contribution >= 4 is 22.8 Å². The molecule has 0 fully saturated rings. The molecule has 1 heterocycles. The van der Waals surface area contributed by atoms with Gasteiger partial charge in [0.1, 0.15) is 11.3 Å². The van der Waals surface area contributed by atoms with E-state index in [-0.39, 0.29) is 5.76 Å². The number of fused-ring (bicyclic) bond motifs is 1. The number of carbonyl (C=O) groups is 2. The van der Waals surface area contributed by atoms with E-state index in [1.54, 1.807) is 25.1 Å². The first-order valence-electron chi connectivity index (χ1n) is 7.73. The molecule has 1 aromatic heterocycles. The van der Waals surface area contributed by atoms with Crippen LogP contribution in [0.4, 0.5) is 0 Å². The molecule has 0 saturated heterocycles. The van der Waals surface area contributed by atoms with Crippen LogP contribution in [-0.4, -0.2) is 31.1 Å². The maximum Gasteiger partial charge on any atom is 0.375 e. The second kappa shape index (κ2) is 7.68. The monoisotopic (exact) mass is 331 g/mol. The standard InChI is InChI=1S/C18H21NO5/c1-5-9-19-17(20)12(4)23-18(21)16-11(3)14-10-13(22-6-2)7-8-15(14)24-16/h5,7-8,10,12H,1,6,9H2,2-4H3,(H,19,20)/t12-/m1/s1. The number of rotatable bonds is 7. The van der Waals surface area contributed by atoms with Gasteiger partial charge in [-0.2, -0.15) is 0 Å². The fourth-order valence-electron chi connectivity index (χ4n) is 2.24. The third-order valence-corrected chi connectivity index (χ3v) is 3.48. The third kappa shape index (κ3) is 3.76. The first kappa shape index (κ1) is 17.6. The Kier molecular flexibility index (Phi) is 5.63. The van der Waals surface area contributed by atoms with Crippen molar-refractivity contribution in [2.75, 3.05) is 13.2 Å². The molecule has 0 radical (unpaired) electrons. The molecule has 1 aromatic carbocycles. The van der Waals surface area contributed by atoms with Crippen LogP contribution < -0.4 is 10.1 Å². The van der Waals surface area contributed by atoms with E-state index in [1.165, 1.54) is 6.92 Å². The van der Waals surface area contributed by atoms with Gasteiger partial charge in [-0.25, -0.2) is 4.79 Å². The highest BCUT2D eigenvalue weighted by molar-refractivity contribution is 5.97. The van der Waals surface area contributed by atoms with Crippen molar-refractivity contribution in [3.63, 3.8) is 0 Å². The van der Waals surface area contributed by atoms with Crippen molar-refractivity contribution in [3.8, 4) is 5.75 Å². The van der Waals surface area contributed by atoms with E-state index in [1.807, 2.05) is 13.0 Å². The zero-order valence-electron chi connectivity index (χ0n) is 14.0. The molecule has 6 nitrogen and oxygen atoms in total. The summed E-state index contributed by atoms with van der Waals surface area (Å²) in [4.78, 5) is 24.0. The van der Waals surface area contributed by atoms with E-state index in [0.29, 0.717) is 30.0 Å². The molecule has 1 atom stereocenters. The lowest BCUT2D eigenvalue weighted by Gasteiger charge is -2.11. The lowest BCUT2D eigenvalue weighted by atomic mass is 10.1. The van der Waals surface area contributed by atoms with Gasteiger partial charge in [0.2, 0.25) is 5.76 Å². The van der Waals surface area contributed by atoms with Crippen molar-refractivity contribution in [1.29, 1.82) is 0 Å². The van der Waals surface area contributed by atoms with Crippen LogP contribution in [0.1, 0.15) is 30.0 Å². The van der Waals surface area contributed by atoms with Gasteiger partial charge in [-0.3, -0.25) is 4.79 Å². The minimum absolute atomic E-state index is 0.0852. The maximum absolute atomic E-state index is 12.3. The van der Waals surface area contributed by atoms with Crippen LogP contribution in [0.3, 0.4) is 0 Å². The van der Waals surface area contributed by atoms with Gasteiger partial charge in [0.05, 0.1) is 6.61 Å². The zero-order chi connectivity index (χ0) is 17.7. The van der Waals surface area contributed by atoms with Gasteiger partial charge in [0.25, 0.3) is 5.91 Å². The van der Waals surface area contributed by atoms with Gasteiger partial charge in [-0.1, -0.05) is 6.08 Å². The fraction of sp³-hybridized carbons (Fsp3) is 0.333. The molecular weight excluding hydrogens is 310 g/mol. The number of hydrogen-bond acceptors (Lipinski definition) is 5. The molecule has 0 aliphatic rings. The minimum atomic E-state index is -0.927. The summed E-state index contributed by atoms with van der Waals surface area (Å²) in [5.74, 6) is -0.286. The molecule has 0 saturated carbocycles. The van der Waals surface area contributed by atoms with Gasteiger partial charge < -0.3 is 19.2 Å². The smallest absolute Gasteiger partial charge is 0.375 e. The number of ether oxygens (including phenoxy) is 2. The second-order valence-electron chi connectivity index (χ2n) is 5.23. The minimum Gasteiger partial charge on any atom is -0.494 e. The van der Waals surface area contributed by atoms with Crippen molar-refractivity contribution in [2.24, 2.45) is 0 Å². The van der Waals surface area contributed by atoms with Crippen LogP contribution >= 0.6 is 0 Å². The van der Waals surface area contributed by atoms with Crippen LogP contribution in [0.15, 0.2) is 35.3 Å². The van der Waals surface area contributed by atoms with E-state index >= 15 is 0 Å². The van der Waals surface area contributed by atoms with Gasteiger partial charge in [-0.05, 0) is 39.0 Å². The van der Waals surface area contributed by atoms with Crippen LogP contribution in [0.25, 0.3) is 11.0 Å². The first-order chi connectivity index (χ1) is 11.5. The number of nitrogens with one attached hydrogen (secondary N) is 1. The Morgan fingerprint density at radius 2 is 2.17 bits per heavy atom. The summed E-state index contributed by atoms with van der Waals surface area (Å²) in [6.07, 6.45) is 0.621. The van der Waals surface area contributed by atoms with Crippen molar-refractivity contribution < 1.29 is 23.5 Å². The SMILES string of the molecule is C=CCNC(=O)[C@@H](C)OC(=O)c1oc2ccc(OCC)cc2c1C. The second-order valence-corrected chi connectivity index (χ2v) is 5.23. The largest absolute Gasteiger partial charge is 0.494 e. The predicted octanol–water partition coefficient (Wildman–Crippen LogP) is 2.99. The van der Waals surface area contributed by atoms with Gasteiger partial charge in [0.15, 0.2) is 6.10 Å². The molecule has 1 amide bonds. The number of aryl methyl sites for hydroxylation is 1. The molecule has 6 heteroatoms. The summed E-state index contributed by atoms with van der Waals surface area (Å²) in [5.41, 5.74) is 1.21. The summed E-state index contributed by atoms with van der Waals surface area (Å²) < 4.78 is 16.2. The normalized spacial score (nSPS) is 11.8. The molecule has 0 bridgehead atoms. The van der Waals surface area contributed by atoms with Gasteiger partial charge in [-0.15, -0.1) is 6.58 Å². The number of carbonyl (C=O) groups excluding carboxylic acids is 2. The van der Waals surface area contributed by atoms with Crippen LogP contribution in [0, 0.1) is 6.92 Å². The Hall–Kier alpha value is -2.76. The number of hydrogen-bond donors (Lipinski definition) is 1. The summed E-state index contributed by atoms with van der Waals surface area (Å²) >= 11 is 0. The van der Waals surface area contributed by atoms with Gasteiger partial charge in [0, 0.05) is 17.5 Å². The highest BCUT2D eigenvalue weighted by Crippen LogP contribution is 2.29. The number of furan rings is 1. The van der Waals surface area contributed by atoms with Crippen molar-refractivity contribution in [1.82, 2.24) is 5.32 Å².